The number of aryl methyl sites for hydroxylation is 1. The standard InChI is InChI=1S/C28H26N2O4/c1-18-8-10-19(11-9-18)17-30-27(31)25(21-12-13-23(33-2)24(16-21)34-3)26(28(30)32)29-15-14-20-6-4-5-7-22(20)29/h4-13,16H,14-15,17H2,1-3H3. The largest absolute Gasteiger partial charge is 0.493 e. The highest BCUT2D eigenvalue weighted by Crippen LogP contribution is 2.40. The van der Waals surface area contributed by atoms with E-state index in [0.29, 0.717) is 34.9 Å². The third-order valence-electron chi connectivity index (χ3n) is 6.43. The molecule has 0 bridgehead atoms. The van der Waals surface area contributed by atoms with Gasteiger partial charge in [0.05, 0.1) is 26.3 Å². The van der Waals surface area contributed by atoms with Crippen molar-refractivity contribution >= 4 is 23.1 Å². The van der Waals surface area contributed by atoms with Crippen LogP contribution in [0.15, 0.2) is 72.4 Å². The lowest BCUT2D eigenvalue weighted by molar-refractivity contribution is -0.137. The molecular weight excluding hydrogens is 428 g/mol. The summed E-state index contributed by atoms with van der Waals surface area (Å²) in [4.78, 5) is 30.9. The van der Waals surface area contributed by atoms with E-state index in [0.717, 1.165) is 23.2 Å². The molecule has 0 spiro atoms. The monoisotopic (exact) mass is 454 g/mol. The second-order valence-corrected chi connectivity index (χ2v) is 8.51. The number of para-hydroxylation sites is 1. The van der Waals surface area contributed by atoms with Gasteiger partial charge in [0.15, 0.2) is 11.5 Å². The number of methoxy groups -OCH3 is 2. The molecule has 2 aliphatic rings. The fourth-order valence-corrected chi connectivity index (χ4v) is 4.66. The Morgan fingerprint density at radius 3 is 2.32 bits per heavy atom. The third kappa shape index (κ3) is 3.61. The lowest BCUT2D eigenvalue weighted by Crippen LogP contribution is -2.34. The quantitative estimate of drug-likeness (QED) is 0.518. The zero-order valence-corrected chi connectivity index (χ0v) is 19.5. The van der Waals surface area contributed by atoms with Gasteiger partial charge >= 0.3 is 0 Å². The van der Waals surface area contributed by atoms with Crippen LogP contribution >= 0.6 is 0 Å². The molecule has 0 unspecified atom stereocenters. The van der Waals surface area contributed by atoms with Gasteiger partial charge in [-0.1, -0.05) is 54.1 Å². The maximum absolute atomic E-state index is 13.8. The maximum atomic E-state index is 13.8. The predicted molar refractivity (Wildman–Crippen MR) is 131 cm³/mol. The summed E-state index contributed by atoms with van der Waals surface area (Å²) in [5.41, 5.74) is 5.59. The molecule has 0 N–H and O–H groups in total. The first kappa shape index (κ1) is 21.8. The van der Waals surface area contributed by atoms with Gasteiger partial charge in [0.1, 0.15) is 5.70 Å². The minimum absolute atomic E-state index is 0.216. The Morgan fingerprint density at radius 2 is 1.59 bits per heavy atom. The van der Waals surface area contributed by atoms with E-state index in [1.807, 2.05) is 54.3 Å². The van der Waals surface area contributed by atoms with Gasteiger partial charge in [-0.25, -0.2) is 0 Å². The summed E-state index contributed by atoms with van der Waals surface area (Å²) in [7, 11) is 3.12. The van der Waals surface area contributed by atoms with E-state index in [4.69, 9.17) is 9.47 Å². The number of imide groups is 1. The molecule has 0 fully saturated rings. The number of carbonyl (C=O) groups excluding carboxylic acids is 2. The number of amides is 2. The number of anilines is 1. The van der Waals surface area contributed by atoms with Gasteiger partial charge in [0.2, 0.25) is 0 Å². The summed E-state index contributed by atoms with van der Waals surface area (Å²) in [5, 5.41) is 0. The van der Waals surface area contributed by atoms with Crippen LogP contribution < -0.4 is 14.4 Å². The van der Waals surface area contributed by atoms with Gasteiger partial charge in [0, 0.05) is 12.2 Å². The van der Waals surface area contributed by atoms with Crippen molar-refractivity contribution in [3.8, 4) is 11.5 Å². The van der Waals surface area contributed by atoms with Crippen molar-refractivity contribution in [3.05, 3.63) is 94.7 Å². The average Bonchev–Trinajstić information content (AvgIpc) is 3.39. The van der Waals surface area contributed by atoms with Crippen LogP contribution in [0.5, 0.6) is 11.5 Å². The molecule has 6 heteroatoms. The van der Waals surface area contributed by atoms with Crippen LogP contribution in [0.3, 0.4) is 0 Å². The summed E-state index contributed by atoms with van der Waals surface area (Å²) in [6, 6.07) is 21.2. The zero-order valence-electron chi connectivity index (χ0n) is 19.5. The molecule has 3 aromatic carbocycles. The molecule has 6 nitrogen and oxygen atoms in total. The highest BCUT2D eigenvalue weighted by atomic mass is 16.5. The molecule has 0 aromatic heterocycles. The molecule has 3 aromatic rings. The number of nitrogens with zero attached hydrogens (tertiary/aromatic N) is 2. The number of carbonyl (C=O) groups is 2. The molecule has 0 saturated heterocycles. The van der Waals surface area contributed by atoms with E-state index >= 15 is 0 Å². The first-order valence-electron chi connectivity index (χ1n) is 11.3. The molecule has 172 valence electrons. The van der Waals surface area contributed by atoms with Crippen molar-refractivity contribution in [2.24, 2.45) is 0 Å². The van der Waals surface area contributed by atoms with E-state index in [-0.39, 0.29) is 18.4 Å². The predicted octanol–water partition coefficient (Wildman–Crippen LogP) is 4.36. The maximum Gasteiger partial charge on any atom is 0.278 e. The van der Waals surface area contributed by atoms with Crippen LogP contribution in [0.25, 0.3) is 5.57 Å². The van der Waals surface area contributed by atoms with Crippen LogP contribution in [0, 0.1) is 6.92 Å². The molecule has 0 saturated carbocycles. The fourth-order valence-electron chi connectivity index (χ4n) is 4.66. The second kappa shape index (κ2) is 8.71. The average molecular weight is 455 g/mol. The van der Waals surface area contributed by atoms with E-state index < -0.39 is 0 Å². The molecular formula is C28H26N2O4. The Labute approximate surface area is 199 Å². The number of benzene rings is 3. The van der Waals surface area contributed by atoms with E-state index in [1.54, 1.807) is 32.4 Å². The Bertz CT molecular complexity index is 1310. The Morgan fingerprint density at radius 1 is 0.853 bits per heavy atom. The molecule has 34 heavy (non-hydrogen) atoms. The summed E-state index contributed by atoms with van der Waals surface area (Å²) < 4.78 is 10.8. The molecule has 0 atom stereocenters. The molecule has 2 amide bonds. The van der Waals surface area contributed by atoms with Crippen molar-refractivity contribution in [2.45, 2.75) is 19.9 Å². The summed E-state index contributed by atoms with van der Waals surface area (Å²) in [6.45, 7) is 2.87. The summed E-state index contributed by atoms with van der Waals surface area (Å²) in [5.74, 6) is 0.475. The Kier molecular flexibility index (Phi) is 5.57. The highest BCUT2D eigenvalue weighted by molar-refractivity contribution is 6.36. The fraction of sp³-hybridized carbons (Fsp3) is 0.214. The lowest BCUT2D eigenvalue weighted by Gasteiger charge is -2.22. The number of rotatable bonds is 6. The first-order chi connectivity index (χ1) is 16.5. The molecule has 0 radical (unpaired) electrons. The van der Waals surface area contributed by atoms with E-state index in [9.17, 15) is 9.59 Å². The van der Waals surface area contributed by atoms with Crippen molar-refractivity contribution in [1.82, 2.24) is 4.90 Å². The second-order valence-electron chi connectivity index (χ2n) is 8.51. The number of fused-ring (bicyclic) bond motifs is 1. The smallest absolute Gasteiger partial charge is 0.278 e. The number of hydrogen-bond donors (Lipinski definition) is 0. The molecule has 5 rings (SSSR count). The first-order valence-corrected chi connectivity index (χ1v) is 11.3. The van der Waals surface area contributed by atoms with Gasteiger partial charge in [-0.2, -0.15) is 0 Å². The third-order valence-corrected chi connectivity index (χ3v) is 6.43. The molecule has 2 heterocycles. The van der Waals surface area contributed by atoms with Gasteiger partial charge in [0.25, 0.3) is 11.8 Å². The number of hydrogen-bond acceptors (Lipinski definition) is 5. The SMILES string of the molecule is COc1ccc(C2=C(N3CCc4ccccc43)C(=O)N(Cc3ccc(C)cc3)C2=O)cc1OC. The van der Waals surface area contributed by atoms with Crippen LogP contribution in [0.4, 0.5) is 5.69 Å². The van der Waals surface area contributed by atoms with Crippen LogP contribution in [0.2, 0.25) is 0 Å². The van der Waals surface area contributed by atoms with Crippen LogP contribution in [-0.4, -0.2) is 37.5 Å². The lowest BCUT2D eigenvalue weighted by atomic mass is 10.0. The Balaban J connectivity index is 1.62. The van der Waals surface area contributed by atoms with Gasteiger partial charge in [-0.15, -0.1) is 0 Å². The summed E-state index contributed by atoms with van der Waals surface area (Å²) in [6.07, 6.45) is 0.818. The van der Waals surface area contributed by atoms with Crippen LogP contribution in [0.1, 0.15) is 22.3 Å². The van der Waals surface area contributed by atoms with Crippen molar-refractivity contribution in [1.29, 1.82) is 0 Å². The van der Waals surface area contributed by atoms with Gasteiger partial charge in [-0.05, 0) is 48.2 Å². The van der Waals surface area contributed by atoms with Gasteiger partial charge in [-0.3, -0.25) is 14.5 Å². The minimum Gasteiger partial charge on any atom is -0.493 e. The topological polar surface area (TPSA) is 59.1 Å². The normalized spacial score (nSPS) is 15.3. The van der Waals surface area contributed by atoms with Gasteiger partial charge < -0.3 is 14.4 Å². The molecule has 0 aliphatic carbocycles. The van der Waals surface area contributed by atoms with E-state index in [1.165, 1.54) is 10.5 Å². The summed E-state index contributed by atoms with van der Waals surface area (Å²) >= 11 is 0. The van der Waals surface area contributed by atoms with Crippen LogP contribution in [-0.2, 0) is 22.6 Å². The van der Waals surface area contributed by atoms with E-state index in [2.05, 4.69) is 6.07 Å². The zero-order chi connectivity index (χ0) is 23.8. The number of ether oxygens (including phenoxy) is 2. The highest BCUT2D eigenvalue weighted by Gasteiger charge is 2.43. The van der Waals surface area contributed by atoms with Crippen molar-refractivity contribution in [3.63, 3.8) is 0 Å². The molecule has 2 aliphatic heterocycles. The van der Waals surface area contributed by atoms with Crippen molar-refractivity contribution in [2.75, 3.05) is 25.7 Å². The van der Waals surface area contributed by atoms with Crippen molar-refractivity contribution < 1.29 is 19.1 Å². The Hall–Kier alpha value is -4.06. The minimum atomic E-state index is -0.308.